The zero-order chi connectivity index (χ0) is 22.0. The molecule has 1 atom stereocenters. The lowest BCUT2D eigenvalue weighted by atomic mass is 10.1. The zero-order valence-electron chi connectivity index (χ0n) is 17.6. The van der Waals surface area contributed by atoms with E-state index in [2.05, 4.69) is 20.4 Å². The highest BCUT2D eigenvalue weighted by Crippen LogP contribution is 2.23. The van der Waals surface area contributed by atoms with Crippen LogP contribution in [-0.4, -0.2) is 19.7 Å². The first kappa shape index (κ1) is 20.8. The molecule has 2 aromatic heterocycles. The van der Waals surface area contributed by atoms with E-state index in [1.54, 1.807) is 6.20 Å². The second-order valence-corrected chi connectivity index (χ2v) is 7.53. The van der Waals surface area contributed by atoms with Crippen molar-refractivity contribution in [2.45, 2.75) is 33.4 Å². The third kappa shape index (κ3) is 4.36. The van der Waals surface area contributed by atoms with Crippen molar-refractivity contribution in [3.05, 3.63) is 95.1 Å². The molecule has 0 radical (unpaired) electrons. The van der Waals surface area contributed by atoms with Crippen LogP contribution in [0.2, 0.25) is 0 Å². The summed E-state index contributed by atoms with van der Waals surface area (Å²) in [7, 11) is 0. The summed E-state index contributed by atoms with van der Waals surface area (Å²) >= 11 is 0. The van der Waals surface area contributed by atoms with Gasteiger partial charge in [-0.3, -0.25) is 0 Å². The molecule has 1 N–H and O–H groups in total. The van der Waals surface area contributed by atoms with E-state index in [1.165, 1.54) is 16.8 Å². The molecule has 4 rings (SSSR count). The highest BCUT2D eigenvalue weighted by molar-refractivity contribution is 5.59. The Morgan fingerprint density at radius 1 is 1.00 bits per heavy atom. The molecule has 0 aliphatic rings. The van der Waals surface area contributed by atoms with Crippen molar-refractivity contribution in [2.24, 2.45) is 0 Å². The Kier molecular flexibility index (Phi) is 5.86. The number of nitrogens with zero attached hydrogens (tertiary/aromatic N) is 4. The molecule has 0 bridgehead atoms. The Balaban J connectivity index is 1.45. The molecular formula is C24H23F2N5. The number of benzene rings is 2. The standard InChI is InChI=1S/C24H23F2N5/c1-15-6-4-5-7-20(15)24-28-12-18(13-29-24)11-27-16(2)21-14-30-31(17(21)3)23-9-8-19(25)10-22(23)26/h4-10,12-14,16,27H,11H2,1-3H3. The summed E-state index contributed by atoms with van der Waals surface area (Å²) in [6, 6.07) is 11.5. The maximum Gasteiger partial charge on any atom is 0.159 e. The Morgan fingerprint density at radius 2 is 1.74 bits per heavy atom. The number of aromatic nitrogens is 4. The summed E-state index contributed by atoms with van der Waals surface area (Å²) in [5.74, 6) is -0.561. The Bertz CT molecular complexity index is 1200. The van der Waals surface area contributed by atoms with E-state index in [-0.39, 0.29) is 11.7 Å². The van der Waals surface area contributed by atoms with Crippen molar-refractivity contribution >= 4 is 0 Å². The van der Waals surface area contributed by atoms with Crippen molar-refractivity contribution in [3.8, 4) is 17.1 Å². The number of hydrogen-bond acceptors (Lipinski definition) is 4. The van der Waals surface area contributed by atoms with Gasteiger partial charge in [-0.05, 0) is 38.5 Å². The Morgan fingerprint density at radius 3 is 2.45 bits per heavy atom. The number of nitrogens with one attached hydrogen (secondary N) is 1. The molecule has 0 aliphatic heterocycles. The summed E-state index contributed by atoms with van der Waals surface area (Å²) in [6.07, 6.45) is 5.34. The van der Waals surface area contributed by atoms with Gasteiger partial charge in [0.2, 0.25) is 0 Å². The number of aryl methyl sites for hydroxylation is 1. The van der Waals surface area contributed by atoms with Gasteiger partial charge in [0.05, 0.1) is 6.20 Å². The monoisotopic (exact) mass is 419 g/mol. The maximum absolute atomic E-state index is 14.1. The summed E-state index contributed by atoms with van der Waals surface area (Å²) in [6.45, 7) is 6.49. The SMILES string of the molecule is Cc1ccccc1-c1ncc(CNC(C)c2cnn(-c3ccc(F)cc3F)c2C)cn1. The Labute approximate surface area is 179 Å². The normalized spacial score (nSPS) is 12.2. The van der Waals surface area contributed by atoms with Gasteiger partial charge in [-0.1, -0.05) is 24.3 Å². The second-order valence-electron chi connectivity index (χ2n) is 7.53. The van der Waals surface area contributed by atoms with E-state index in [9.17, 15) is 8.78 Å². The van der Waals surface area contributed by atoms with Crippen LogP contribution in [0.3, 0.4) is 0 Å². The lowest BCUT2D eigenvalue weighted by Gasteiger charge is -2.14. The smallest absolute Gasteiger partial charge is 0.159 e. The van der Waals surface area contributed by atoms with E-state index in [4.69, 9.17) is 0 Å². The third-order valence-electron chi connectivity index (χ3n) is 5.36. The molecule has 0 amide bonds. The molecule has 2 aromatic carbocycles. The van der Waals surface area contributed by atoms with Crippen LogP contribution < -0.4 is 5.32 Å². The number of halogens is 2. The molecule has 0 saturated carbocycles. The van der Waals surface area contributed by atoms with E-state index >= 15 is 0 Å². The Hall–Kier alpha value is -3.45. The summed E-state index contributed by atoms with van der Waals surface area (Å²) in [5.41, 5.74) is 5.05. The number of rotatable bonds is 6. The summed E-state index contributed by atoms with van der Waals surface area (Å²) in [5, 5.41) is 7.72. The summed E-state index contributed by atoms with van der Waals surface area (Å²) in [4.78, 5) is 9.00. The molecule has 158 valence electrons. The maximum atomic E-state index is 14.1. The van der Waals surface area contributed by atoms with Gasteiger partial charge in [0.15, 0.2) is 11.6 Å². The average Bonchev–Trinajstić information content (AvgIpc) is 3.14. The first-order chi connectivity index (χ1) is 14.9. The highest BCUT2D eigenvalue weighted by Gasteiger charge is 2.16. The minimum absolute atomic E-state index is 0.0340. The largest absolute Gasteiger partial charge is 0.306 e. The molecule has 0 spiro atoms. The van der Waals surface area contributed by atoms with Gasteiger partial charge >= 0.3 is 0 Å². The molecular weight excluding hydrogens is 396 g/mol. The van der Waals surface area contributed by atoms with Gasteiger partial charge in [0.25, 0.3) is 0 Å². The number of hydrogen-bond donors (Lipinski definition) is 1. The fraction of sp³-hybridized carbons (Fsp3) is 0.208. The fourth-order valence-electron chi connectivity index (χ4n) is 3.53. The first-order valence-corrected chi connectivity index (χ1v) is 10.0. The van der Waals surface area contributed by atoms with Gasteiger partial charge < -0.3 is 5.32 Å². The predicted octanol–water partition coefficient (Wildman–Crippen LogP) is 5.08. The van der Waals surface area contributed by atoms with E-state index in [0.29, 0.717) is 12.4 Å². The predicted molar refractivity (Wildman–Crippen MR) is 116 cm³/mol. The average molecular weight is 419 g/mol. The van der Waals surface area contributed by atoms with Gasteiger partial charge in [-0.2, -0.15) is 5.10 Å². The highest BCUT2D eigenvalue weighted by atomic mass is 19.1. The molecule has 0 aliphatic carbocycles. The lowest BCUT2D eigenvalue weighted by Crippen LogP contribution is -2.19. The van der Waals surface area contributed by atoms with E-state index < -0.39 is 11.6 Å². The van der Waals surface area contributed by atoms with Crippen molar-refractivity contribution < 1.29 is 8.78 Å². The molecule has 2 heterocycles. The van der Waals surface area contributed by atoms with Crippen molar-refractivity contribution in [1.29, 1.82) is 0 Å². The van der Waals surface area contributed by atoms with Gasteiger partial charge in [0.1, 0.15) is 11.5 Å². The molecule has 4 aromatic rings. The first-order valence-electron chi connectivity index (χ1n) is 10.0. The lowest BCUT2D eigenvalue weighted by molar-refractivity contribution is 0.565. The molecule has 0 fully saturated rings. The zero-order valence-corrected chi connectivity index (χ0v) is 17.6. The van der Waals surface area contributed by atoms with Crippen LogP contribution in [0.4, 0.5) is 8.78 Å². The minimum atomic E-state index is -0.649. The van der Waals surface area contributed by atoms with Gasteiger partial charge in [0, 0.05) is 53.4 Å². The van der Waals surface area contributed by atoms with Crippen molar-refractivity contribution in [2.75, 3.05) is 0 Å². The van der Waals surface area contributed by atoms with Crippen LogP contribution in [0.1, 0.15) is 35.3 Å². The van der Waals surface area contributed by atoms with Crippen LogP contribution in [0.25, 0.3) is 17.1 Å². The van der Waals surface area contributed by atoms with Crippen LogP contribution in [0, 0.1) is 25.5 Å². The molecule has 0 saturated heterocycles. The van der Waals surface area contributed by atoms with Crippen LogP contribution in [0.15, 0.2) is 61.1 Å². The van der Waals surface area contributed by atoms with Crippen molar-refractivity contribution in [1.82, 2.24) is 25.1 Å². The molecule has 1 unspecified atom stereocenters. The quantitative estimate of drug-likeness (QED) is 0.474. The van der Waals surface area contributed by atoms with Gasteiger partial charge in [-0.15, -0.1) is 0 Å². The van der Waals surface area contributed by atoms with Crippen LogP contribution in [-0.2, 0) is 6.54 Å². The summed E-state index contributed by atoms with van der Waals surface area (Å²) < 4.78 is 28.8. The van der Waals surface area contributed by atoms with Crippen LogP contribution in [0.5, 0.6) is 0 Å². The van der Waals surface area contributed by atoms with Crippen LogP contribution >= 0.6 is 0 Å². The molecule has 31 heavy (non-hydrogen) atoms. The van der Waals surface area contributed by atoms with E-state index in [0.717, 1.165) is 34.0 Å². The third-order valence-corrected chi connectivity index (χ3v) is 5.36. The second kappa shape index (κ2) is 8.73. The minimum Gasteiger partial charge on any atom is -0.306 e. The van der Waals surface area contributed by atoms with Gasteiger partial charge in [-0.25, -0.2) is 23.4 Å². The molecule has 5 nitrogen and oxygen atoms in total. The van der Waals surface area contributed by atoms with E-state index in [1.807, 2.05) is 57.4 Å². The molecule has 7 heteroatoms. The van der Waals surface area contributed by atoms with Crippen molar-refractivity contribution in [3.63, 3.8) is 0 Å². The topological polar surface area (TPSA) is 55.6 Å². The fourth-order valence-corrected chi connectivity index (χ4v) is 3.53.